The van der Waals surface area contributed by atoms with Crippen LogP contribution in [0.1, 0.15) is 30.9 Å². The Balaban J connectivity index is 1.68. The van der Waals surface area contributed by atoms with Gasteiger partial charge in [-0.15, -0.1) is 25.8 Å². The molecule has 0 fully saturated rings. The second-order valence-electron chi connectivity index (χ2n) is 7.06. The minimum absolute atomic E-state index is 0.0412. The fraction of sp³-hybridized carbons (Fsp3) is 0.381. The van der Waals surface area contributed by atoms with Gasteiger partial charge in [-0.2, -0.15) is 0 Å². The summed E-state index contributed by atoms with van der Waals surface area (Å²) in [6.45, 7) is 2.68. The van der Waals surface area contributed by atoms with E-state index in [1.54, 1.807) is 0 Å². The van der Waals surface area contributed by atoms with Gasteiger partial charge in [-0.25, -0.2) is 4.79 Å². The summed E-state index contributed by atoms with van der Waals surface area (Å²) >= 11 is 4.39. The van der Waals surface area contributed by atoms with Gasteiger partial charge in [0.25, 0.3) is 0 Å². The highest BCUT2D eigenvalue weighted by Crippen LogP contribution is 2.29. The van der Waals surface area contributed by atoms with Crippen LogP contribution in [0, 0.1) is 0 Å². The van der Waals surface area contributed by atoms with Gasteiger partial charge < -0.3 is 15.0 Å². The minimum atomic E-state index is -4.74. The molecule has 0 radical (unpaired) electrons. The molecule has 1 aliphatic carbocycles. The molecule has 0 heterocycles. The van der Waals surface area contributed by atoms with E-state index in [2.05, 4.69) is 29.6 Å². The molecule has 3 rings (SSSR count). The number of carbonyl (C=O) groups excluding carboxylic acids is 1. The lowest BCUT2D eigenvalue weighted by Gasteiger charge is -2.29. The number of rotatable bonds is 6. The summed E-state index contributed by atoms with van der Waals surface area (Å²) in [5, 5.41) is 2.79. The Hall–Kier alpha value is -2.35. The third kappa shape index (κ3) is 5.82. The Labute approximate surface area is 173 Å². The zero-order valence-corrected chi connectivity index (χ0v) is 16.9. The SMILES string of the molecule is CCCCN(C(=O)Nc1ccc(OC(F)(F)F)cc1)C1Cc2ccc(S)cc2C1. The van der Waals surface area contributed by atoms with Crippen molar-refractivity contribution in [1.82, 2.24) is 4.90 Å². The number of fused-ring (bicyclic) bond motifs is 1. The molecule has 1 N–H and O–H groups in total. The number of nitrogens with zero attached hydrogens (tertiary/aromatic N) is 1. The molecule has 2 aromatic rings. The smallest absolute Gasteiger partial charge is 0.406 e. The number of amides is 2. The highest BCUT2D eigenvalue weighted by atomic mass is 32.1. The number of ether oxygens (including phenoxy) is 1. The molecular formula is C21H23F3N2O2S. The summed E-state index contributed by atoms with van der Waals surface area (Å²) < 4.78 is 40.7. The second kappa shape index (κ2) is 8.98. The van der Waals surface area contributed by atoms with Crippen molar-refractivity contribution in [1.29, 1.82) is 0 Å². The Morgan fingerprint density at radius 1 is 1.17 bits per heavy atom. The lowest BCUT2D eigenvalue weighted by Crippen LogP contribution is -2.44. The molecule has 0 saturated heterocycles. The molecule has 0 spiro atoms. The molecular weight excluding hydrogens is 401 g/mol. The van der Waals surface area contributed by atoms with Crippen molar-refractivity contribution in [2.24, 2.45) is 0 Å². The number of carbonyl (C=O) groups is 1. The molecule has 1 unspecified atom stereocenters. The number of benzene rings is 2. The first kappa shape index (κ1) is 21.4. The van der Waals surface area contributed by atoms with Gasteiger partial charge in [-0.05, 0) is 66.8 Å². The number of unbranched alkanes of at least 4 members (excludes halogenated alkanes) is 1. The van der Waals surface area contributed by atoms with Crippen molar-refractivity contribution in [2.45, 2.75) is 49.9 Å². The lowest BCUT2D eigenvalue weighted by molar-refractivity contribution is -0.274. The number of urea groups is 1. The summed E-state index contributed by atoms with van der Waals surface area (Å²) in [7, 11) is 0. The minimum Gasteiger partial charge on any atom is -0.406 e. The van der Waals surface area contributed by atoms with E-state index in [0.29, 0.717) is 12.2 Å². The van der Waals surface area contributed by atoms with E-state index in [-0.39, 0.29) is 17.8 Å². The first-order valence-corrected chi connectivity index (χ1v) is 9.94. The van der Waals surface area contributed by atoms with Gasteiger partial charge in [0.05, 0.1) is 0 Å². The van der Waals surface area contributed by atoms with Crippen molar-refractivity contribution < 1.29 is 22.7 Å². The number of alkyl halides is 3. The monoisotopic (exact) mass is 424 g/mol. The topological polar surface area (TPSA) is 41.6 Å². The molecule has 1 aliphatic rings. The quantitative estimate of drug-likeness (QED) is 0.586. The summed E-state index contributed by atoms with van der Waals surface area (Å²) in [4.78, 5) is 15.6. The third-order valence-corrected chi connectivity index (χ3v) is 5.17. The number of halogens is 3. The first-order chi connectivity index (χ1) is 13.7. The van der Waals surface area contributed by atoms with Gasteiger partial charge in [-0.1, -0.05) is 19.4 Å². The van der Waals surface area contributed by atoms with E-state index >= 15 is 0 Å². The van der Waals surface area contributed by atoms with Crippen LogP contribution in [0.4, 0.5) is 23.7 Å². The Morgan fingerprint density at radius 3 is 2.52 bits per heavy atom. The Morgan fingerprint density at radius 2 is 1.86 bits per heavy atom. The van der Waals surface area contributed by atoms with Gasteiger partial charge in [-0.3, -0.25) is 0 Å². The van der Waals surface area contributed by atoms with Crippen molar-refractivity contribution in [3.05, 3.63) is 53.6 Å². The number of thiol groups is 1. The fourth-order valence-electron chi connectivity index (χ4n) is 3.52. The number of hydrogen-bond donors (Lipinski definition) is 2. The Kier molecular flexibility index (Phi) is 6.62. The maximum absolute atomic E-state index is 12.9. The summed E-state index contributed by atoms with van der Waals surface area (Å²) in [5.74, 6) is -0.327. The summed E-state index contributed by atoms with van der Waals surface area (Å²) in [5.41, 5.74) is 2.83. The van der Waals surface area contributed by atoms with Crippen LogP contribution in [0.3, 0.4) is 0 Å². The van der Waals surface area contributed by atoms with Gasteiger partial charge in [0.15, 0.2) is 0 Å². The molecule has 2 aromatic carbocycles. The third-order valence-electron chi connectivity index (χ3n) is 4.89. The zero-order chi connectivity index (χ0) is 21.0. The predicted octanol–water partition coefficient (Wildman–Crippen LogP) is 5.68. The van der Waals surface area contributed by atoms with Crippen LogP contribution in [0.2, 0.25) is 0 Å². The van der Waals surface area contributed by atoms with E-state index < -0.39 is 6.36 Å². The molecule has 4 nitrogen and oxygen atoms in total. The molecule has 29 heavy (non-hydrogen) atoms. The van der Waals surface area contributed by atoms with Crippen molar-refractivity contribution in [2.75, 3.05) is 11.9 Å². The molecule has 2 amide bonds. The maximum Gasteiger partial charge on any atom is 0.573 e. The van der Waals surface area contributed by atoms with Gasteiger partial charge in [0, 0.05) is 23.2 Å². The molecule has 156 valence electrons. The van der Waals surface area contributed by atoms with Crippen molar-refractivity contribution in [3.8, 4) is 5.75 Å². The molecule has 8 heteroatoms. The molecule has 1 atom stereocenters. The largest absolute Gasteiger partial charge is 0.573 e. The van der Waals surface area contributed by atoms with Crippen LogP contribution in [0.25, 0.3) is 0 Å². The van der Waals surface area contributed by atoms with E-state index in [9.17, 15) is 18.0 Å². The van der Waals surface area contributed by atoms with Crippen LogP contribution < -0.4 is 10.1 Å². The van der Waals surface area contributed by atoms with E-state index in [1.807, 2.05) is 23.1 Å². The van der Waals surface area contributed by atoms with Crippen LogP contribution in [0.15, 0.2) is 47.4 Å². The zero-order valence-electron chi connectivity index (χ0n) is 16.0. The van der Waals surface area contributed by atoms with E-state index in [0.717, 1.165) is 30.6 Å². The number of nitrogens with one attached hydrogen (secondary N) is 1. The van der Waals surface area contributed by atoms with Crippen molar-refractivity contribution >= 4 is 24.3 Å². The van der Waals surface area contributed by atoms with Crippen LogP contribution in [-0.2, 0) is 12.8 Å². The Bertz CT molecular complexity index is 856. The van der Waals surface area contributed by atoms with Gasteiger partial charge in [0.2, 0.25) is 0 Å². The molecule has 0 bridgehead atoms. The molecule has 0 saturated carbocycles. The van der Waals surface area contributed by atoms with E-state index in [1.165, 1.54) is 35.4 Å². The summed E-state index contributed by atoms with van der Waals surface area (Å²) in [6, 6.07) is 11.0. The average molecular weight is 424 g/mol. The van der Waals surface area contributed by atoms with Crippen LogP contribution in [0.5, 0.6) is 5.75 Å². The van der Waals surface area contributed by atoms with Crippen LogP contribution in [-0.4, -0.2) is 29.9 Å². The van der Waals surface area contributed by atoms with Gasteiger partial charge in [0.1, 0.15) is 5.75 Å². The highest BCUT2D eigenvalue weighted by Gasteiger charge is 2.31. The van der Waals surface area contributed by atoms with Crippen molar-refractivity contribution in [3.63, 3.8) is 0 Å². The normalized spacial score (nSPS) is 15.7. The van der Waals surface area contributed by atoms with Crippen LogP contribution >= 0.6 is 12.6 Å². The number of anilines is 1. The number of hydrogen-bond acceptors (Lipinski definition) is 3. The van der Waals surface area contributed by atoms with E-state index in [4.69, 9.17) is 0 Å². The molecule has 0 aliphatic heterocycles. The summed E-state index contributed by atoms with van der Waals surface area (Å²) in [6.07, 6.45) is -1.38. The average Bonchev–Trinajstić information content (AvgIpc) is 3.05. The highest BCUT2D eigenvalue weighted by molar-refractivity contribution is 7.80. The standard InChI is InChI=1S/C21H23F3N2O2S/c1-2-3-10-26(17-11-14-4-9-19(29)13-15(14)12-17)20(27)25-16-5-7-18(8-6-16)28-21(22,23)24/h4-9,13,17,29H,2-3,10-12H2,1H3,(H,25,27). The lowest BCUT2D eigenvalue weighted by atomic mass is 10.1. The molecule has 0 aromatic heterocycles. The fourth-order valence-corrected chi connectivity index (χ4v) is 3.75. The predicted molar refractivity (Wildman–Crippen MR) is 109 cm³/mol. The van der Waals surface area contributed by atoms with Gasteiger partial charge >= 0.3 is 12.4 Å². The maximum atomic E-state index is 12.9. The first-order valence-electron chi connectivity index (χ1n) is 9.49. The second-order valence-corrected chi connectivity index (χ2v) is 7.58.